The summed E-state index contributed by atoms with van der Waals surface area (Å²) in [4.78, 5) is 7.48. The molecule has 1 fully saturated rings. The Morgan fingerprint density at radius 2 is 1.97 bits per heavy atom. The zero-order chi connectivity index (χ0) is 20.3. The summed E-state index contributed by atoms with van der Waals surface area (Å²) in [5, 5.41) is 0. The lowest BCUT2D eigenvalue weighted by molar-refractivity contribution is 0.372. The number of thiophene rings is 1. The Balaban J connectivity index is 0.00000256. The summed E-state index contributed by atoms with van der Waals surface area (Å²) in [5.41, 5.74) is 2.58. The maximum Gasteiger partial charge on any atom is 0.271 e. The van der Waals surface area contributed by atoms with Crippen LogP contribution in [0.1, 0.15) is 17.9 Å². The van der Waals surface area contributed by atoms with Crippen LogP contribution >= 0.6 is 23.7 Å². The average molecular weight is 462 g/mol. The van der Waals surface area contributed by atoms with E-state index >= 15 is 0 Å². The van der Waals surface area contributed by atoms with Crippen LogP contribution in [0.4, 0.5) is 5.69 Å². The minimum atomic E-state index is -3.63. The number of hydrogen-bond donors (Lipinski definition) is 1. The number of sulfonamides is 1. The number of hydrogen-bond acceptors (Lipinski definition) is 5. The highest BCUT2D eigenvalue weighted by Gasteiger charge is 2.23. The van der Waals surface area contributed by atoms with Crippen LogP contribution in [-0.4, -0.2) is 37.9 Å². The summed E-state index contributed by atoms with van der Waals surface area (Å²) in [5.74, 6) is 0.485. The van der Waals surface area contributed by atoms with E-state index in [4.69, 9.17) is 0 Å². The Morgan fingerprint density at radius 3 is 2.67 bits per heavy atom. The van der Waals surface area contributed by atoms with Crippen molar-refractivity contribution in [3.8, 4) is 10.6 Å². The molecule has 0 radical (unpaired) electrons. The molecule has 1 saturated heterocycles. The Kier molecular flexibility index (Phi) is 7.31. The minimum absolute atomic E-state index is 0. The fraction of sp³-hybridized carbons (Fsp3) is 0.227. The van der Waals surface area contributed by atoms with E-state index in [0.717, 1.165) is 36.6 Å². The third-order valence-electron chi connectivity index (χ3n) is 5.06. The summed E-state index contributed by atoms with van der Waals surface area (Å²) >= 11 is 1.21. The molecule has 0 unspecified atom stereocenters. The van der Waals surface area contributed by atoms with Gasteiger partial charge < -0.3 is 0 Å². The van der Waals surface area contributed by atoms with Gasteiger partial charge in [0.1, 0.15) is 4.21 Å². The monoisotopic (exact) mass is 461 g/mol. The highest BCUT2D eigenvalue weighted by molar-refractivity contribution is 7.94. The normalized spacial score (nSPS) is 16.7. The first-order valence-corrected chi connectivity index (χ1v) is 11.8. The number of aromatic nitrogens is 1. The maximum atomic E-state index is 12.8. The molecule has 5 nitrogen and oxygen atoms in total. The van der Waals surface area contributed by atoms with E-state index < -0.39 is 10.0 Å². The summed E-state index contributed by atoms with van der Waals surface area (Å²) in [6.45, 7) is 6.80. The van der Waals surface area contributed by atoms with Gasteiger partial charge in [-0.2, -0.15) is 0 Å². The van der Waals surface area contributed by atoms with E-state index in [1.54, 1.807) is 18.3 Å². The Hall–Kier alpha value is -2.19. The predicted molar refractivity (Wildman–Crippen MR) is 126 cm³/mol. The molecule has 158 valence electrons. The number of nitrogens with zero attached hydrogens (tertiary/aromatic N) is 2. The molecule has 1 aliphatic rings. The van der Waals surface area contributed by atoms with Crippen molar-refractivity contribution in [3.63, 3.8) is 0 Å². The fourth-order valence-electron chi connectivity index (χ4n) is 3.59. The second kappa shape index (κ2) is 9.75. The van der Waals surface area contributed by atoms with E-state index in [2.05, 4.69) is 21.2 Å². The molecule has 2 aromatic heterocycles. The first-order chi connectivity index (χ1) is 14.0. The molecule has 1 N–H and O–H groups in total. The van der Waals surface area contributed by atoms with Crippen LogP contribution in [0.5, 0.6) is 0 Å². The van der Waals surface area contributed by atoms with Crippen LogP contribution in [0.15, 0.2) is 77.7 Å². The Morgan fingerprint density at radius 1 is 1.17 bits per heavy atom. The van der Waals surface area contributed by atoms with Gasteiger partial charge in [0.05, 0.1) is 10.6 Å². The molecule has 3 aromatic rings. The van der Waals surface area contributed by atoms with Crippen molar-refractivity contribution in [2.45, 2.75) is 16.5 Å². The van der Waals surface area contributed by atoms with Gasteiger partial charge in [0.25, 0.3) is 10.0 Å². The quantitative estimate of drug-likeness (QED) is 0.502. The molecule has 0 saturated carbocycles. The SMILES string of the molecule is C=CCN1CC[C@@H](c2ccc(NS(=O)(=O)c3ccc(-c4ccccn4)s3)cc2)C1.Cl. The zero-order valence-corrected chi connectivity index (χ0v) is 18.8. The van der Waals surface area contributed by atoms with Crippen molar-refractivity contribution < 1.29 is 8.42 Å². The van der Waals surface area contributed by atoms with E-state index in [-0.39, 0.29) is 16.6 Å². The van der Waals surface area contributed by atoms with Crippen LogP contribution < -0.4 is 4.72 Å². The molecule has 0 amide bonds. The van der Waals surface area contributed by atoms with Gasteiger partial charge in [0.15, 0.2) is 0 Å². The number of anilines is 1. The van der Waals surface area contributed by atoms with Gasteiger partial charge in [-0.1, -0.05) is 24.3 Å². The van der Waals surface area contributed by atoms with Gasteiger partial charge in [-0.25, -0.2) is 8.42 Å². The molecule has 1 atom stereocenters. The lowest BCUT2D eigenvalue weighted by atomic mass is 9.98. The van der Waals surface area contributed by atoms with Crippen LogP contribution in [0.3, 0.4) is 0 Å². The number of pyridine rings is 1. The Labute approximate surface area is 187 Å². The van der Waals surface area contributed by atoms with E-state index in [1.165, 1.54) is 16.9 Å². The molecule has 30 heavy (non-hydrogen) atoms. The smallest absolute Gasteiger partial charge is 0.271 e. The van der Waals surface area contributed by atoms with Crippen molar-refractivity contribution in [2.75, 3.05) is 24.4 Å². The van der Waals surface area contributed by atoms with Crippen molar-refractivity contribution >= 4 is 39.5 Å². The number of benzene rings is 1. The molecule has 0 aliphatic carbocycles. The largest absolute Gasteiger partial charge is 0.299 e. The van der Waals surface area contributed by atoms with Gasteiger partial charge in [-0.3, -0.25) is 14.6 Å². The summed E-state index contributed by atoms with van der Waals surface area (Å²) in [6.07, 6.45) is 4.75. The second-order valence-electron chi connectivity index (χ2n) is 7.10. The third kappa shape index (κ3) is 5.10. The Bertz CT molecular complexity index is 1080. The molecular formula is C22H24ClN3O2S2. The van der Waals surface area contributed by atoms with Gasteiger partial charge >= 0.3 is 0 Å². The van der Waals surface area contributed by atoms with Crippen molar-refractivity contribution in [2.24, 2.45) is 0 Å². The van der Waals surface area contributed by atoms with Crippen LogP contribution in [0.25, 0.3) is 10.6 Å². The molecule has 3 heterocycles. The maximum absolute atomic E-state index is 12.8. The predicted octanol–water partition coefficient (Wildman–Crippen LogP) is 5.01. The van der Waals surface area contributed by atoms with Crippen LogP contribution in [0.2, 0.25) is 0 Å². The average Bonchev–Trinajstić information content (AvgIpc) is 3.40. The van der Waals surface area contributed by atoms with Gasteiger partial charge in [-0.15, -0.1) is 30.3 Å². The number of nitrogens with one attached hydrogen (secondary N) is 1. The van der Waals surface area contributed by atoms with E-state index in [0.29, 0.717) is 11.6 Å². The lowest BCUT2D eigenvalue weighted by Gasteiger charge is -2.14. The van der Waals surface area contributed by atoms with E-state index in [1.807, 2.05) is 48.5 Å². The van der Waals surface area contributed by atoms with Gasteiger partial charge in [0, 0.05) is 25.0 Å². The highest BCUT2D eigenvalue weighted by Crippen LogP contribution is 2.31. The van der Waals surface area contributed by atoms with Gasteiger partial charge in [0.2, 0.25) is 0 Å². The zero-order valence-electron chi connectivity index (χ0n) is 16.4. The summed E-state index contributed by atoms with van der Waals surface area (Å²) < 4.78 is 28.5. The molecule has 1 aliphatic heterocycles. The highest BCUT2D eigenvalue weighted by atomic mass is 35.5. The fourth-order valence-corrected chi connectivity index (χ4v) is 5.93. The standard InChI is InChI=1S/C22H23N3O2S2.ClH/c1-2-14-25-15-12-18(16-25)17-6-8-19(9-7-17)24-29(26,27)22-11-10-21(28-22)20-5-3-4-13-23-20;/h2-11,13,18,24H,1,12,14-16H2;1H/t18-;/m1./s1. The molecule has 4 rings (SSSR count). The topological polar surface area (TPSA) is 62.3 Å². The lowest BCUT2D eigenvalue weighted by Crippen LogP contribution is -2.19. The second-order valence-corrected chi connectivity index (χ2v) is 10.1. The molecule has 0 bridgehead atoms. The number of halogens is 1. The van der Waals surface area contributed by atoms with Crippen LogP contribution in [0, 0.1) is 0 Å². The first-order valence-electron chi connectivity index (χ1n) is 9.52. The molecular weight excluding hydrogens is 438 g/mol. The van der Waals surface area contributed by atoms with Crippen LogP contribution in [-0.2, 0) is 10.0 Å². The summed E-state index contributed by atoms with van der Waals surface area (Å²) in [6, 6.07) is 16.7. The van der Waals surface area contributed by atoms with E-state index in [9.17, 15) is 8.42 Å². The molecule has 0 spiro atoms. The molecule has 8 heteroatoms. The number of rotatable bonds is 7. The van der Waals surface area contributed by atoms with Crippen molar-refractivity contribution in [1.82, 2.24) is 9.88 Å². The number of likely N-dealkylation sites (tertiary alicyclic amines) is 1. The summed E-state index contributed by atoms with van der Waals surface area (Å²) in [7, 11) is -3.63. The minimum Gasteiger partial charge on any atom is -0.299 e. The van der Waals surface area contributed by atoms with Crippen molar-refractivity contribution in [1.29, 1.82) is 0 Å². The third-order valence-corrected chi connectivity index (χ3v) is 8.04. The first kappa shape index (κ1) is 22.5. The molecule has 1 aromatic carbocycles. The van der Waals surface area contributed by atoms with Crippen molar-refractivity contribution in [3.05, 3.63) is 79.0 Å². The van der Waals surface area contributed by atoms with Gasteiger partial charge in [-0.05, 0) is 60.8 Å².